The van der Waals surface area contributed by atoms with Crippen LogP contribution in [0, 0.1) is 6.92 Å². The van der Waals surface area contributed by atoms with Gasteiger partial charge in [-0.25, -0.2) is 0 Å². The van der Waals surface area contributed by atoms with Gasteiger partial charge in [-0.1, -0.05) is 26.0 Å². The second kappa shape index (κ2) is 4.22. The molecule has 0 saturated heterocycles. The summed E-state index contributed by atoms with van der Waals surface area (Å²) in [5.74, 6) is 0.596. The maximum absolute atomic E-state index is 4.28. The van der Waals surface area contributed by atoms with Gasteiger partial charge in [-0.2, -0.15) is 0 Å². The Morgan fingerprint density at radius 2 is 2.00 bits per heavy atom. The molecule has 1 rings (SSSR count). The third-order valence-corrected chi connectivity index (χ3v) is 2.16. The zero-order valence-corrected chi connectivity index (χ0v) is 8.83. The van der Waals surface area contributed by atoms with Crippen LogP contribution >= 0.6 is 0 Å². The molecule has 0 aliphatic heterocycles. The van der Waals surface area contributed by atoms with E-state index in [1.54, 1.807) is 0 Å². The van der Waals surface area contributed by atoms with Crippen molar-refractivity contribution in [1.82, 2.24) is 0 Å². The zero-order chi connectivity index (χ0) is 9.84. The van der Waals surface area contributed by atoms with E-state index in [9.17, 15) is 0 Å². The summed E-state index contributed by atoms with van der Waals surface area (Å²) >= 11 is 0. The molecule has 1 aromatic carbocycles. The van der Waals surface area contributed by atoms with E-state index in [0.29, 0.717) is 5.92 Å². The van der Waals surface area contributed by atoms with Crippen molar-refractivity contribution in [3.05, 3.63) is 29.3 Å². The summed E-state index contributed by atoms with van der Waals surface area (Å²) in [6.45, 7) is 8.46. The van der Waals surface area contributed by atoms with Crippen molar-refractivity contribution in [2.45, 2.75) is 33.6 Å². The summed E-state index contributed by atoms with van der Waals surface area (Å²) in [5, 5.41) is 0. The summed E-state index contributed by atoms with van der Waals surface area (Å²) in [4.78, 5) is 4.28. The van der Waals surface area contributed by atoms with Crippen LogP contribution in [0.2, 0.25) is 0 Å². The minimum Gasteiger partial charge on any atom is -0.261 e. The van der Waals surface area contributed by atoms with Gasteiger partial charge < -0.3 is 0 Å². The molecule has 0 aliphatic carbocycles. The van der Waals surface area contributed by atoms with Gasteiger partial charge in [-0.3, -0.25) is 4.99 Å². The Hall–Kier alpha value is -1.11. The smallest absolute Gasteiger partial charge is 0.0654 e. The van der Waals surface area contributed by atoms with Crippen molar-refractivity contribution in [2.75, 3.05) is 0 Å². The van der Waals surface area contributed by atoms with Crippen molar-refractivity contribution in [3.63, 3.8) is 0 Å². The maximum atomic E-state index is 4.28. The summed E-state index contributed by atoms with van der Waals surface area (Å²) in [7, 11) is 0. The van der Waals surface area contributed by atoms with Crippen LogP contribution in [-0.4, -0.2) is 6.21 Å². The SMILES string of the molecule is CC=Nc1ccc(C(C)C)cc1C. The Morgan fingerprint density at radius 1 is 1.31 bits per heavy atom. The summed E-state index contributed by atoms with van der Waals surface area (Å²) in [5.41, 5.74) is 3.71. The van der Waals surface area contributed by atoms with Crippen LogP contribution in [0.15, 0.2) is 23.2 Å². The summed E-state index contributed by atoms with van der Waals surface area (Å²) in [6, 6.07) is 6.46. The fourth-order valence-electron chi connectivity index (χ4n) is 1.32. The first kappa shape index (κ1) is 9.97. The monoisotopic (exact) mass is 175 g/mol. The minimum absolute atomic E-state index is 0.596. The molecular weight excluding hydrogens is 158 g/mol. The first-order valence-corrected chi connectivity index (χ1v) is 4.74. The van der Waals surface area contributed by atoms with Crippen LogP contribution in [0.3, 0.4) is 0 Å². The van der Waals surface area contributed by atoms with Crippen LogP contribution in [0.1, 0.15) is 37.8 Å². The number of aliphatic imine (C=N–C) groups is 1. The second-order valence-electron chi connectivity index (χ2n) is 3.59. The second-order valence-corrected chi connectivity index (χ2v) is 3.59. The highest BCUT2D eigenvalue weighted by Gasteiger charge is 2.01. The van der Waals surface area contributed by atoms with E-state index in [4.69, 9.17) is 0 Å². The predicted octanol–water partition coefficient (Wildman–Crippen LogP) is 3.84. The Bertz CT molecular complexity index is 311. The third kappa shape index (κ3) is 2.41. The Labute approximate surface area is 80.5 Å². The molecule has 70 valence electrons. The molecule has 0 radical (unpaired) electrons. The number of nitrogens with zero attached hydrogens (tertiary/aromatic N) is 1. The maximum Gasteiger partial charge on any atom is 0.0654 e. The lowest BCUT2D eigenvalue weighted by Gasteiger charge is -2.07. The standard InChI is InChI=1S/C12H17N/c1-5-13-12-7-6-11(9(2)3)8-10(12)4/h5-9H,1-4H3. The van der Waals surface area contributed by atoms with Crippen LogP contribution in [-0.2, 0) is 0 Å². The zero-order valence-electron chi connectivity index (χ0n) is 8.83. The quantitative estimate of drug-likeness (QED) is 0.605. The average Bonchev–Trinajstić information content (AvgIpc) is 2.08. The molecule has 0 spiro atoms. The third-order valence-electron chi connectivity index (χ3n) is 2.16. The van der Waals surface area contributed by atoms with E-state index in [0.717, 1.165) is 5.69 Å². The molecule has 0 saturated carbocycles. The molecule has 0 N–H and O–H groups in total. The number of rotatable bonds is 2. The molecule has 0 bridgehead atoms. The summed E-state index contributed by atoms with van der Waals surface area (Å²) in [6.07, 6.45) is 1.83. The van der Waals surface area contributed by atoms with Gasteiger partial charge in [-0.05, 0) is 37.0 Å². The van der Waals surface area contributed by atoms with Crippen molar-refractivity contribution in [1.29, 1.82) is 0 Å². The molecule has 1 nitrogen and oxygen atoms in total. The summed E-state index contributed by atoms with van der Waals surface area (Å²) < 4.78 is 0. The van der Waals surface area contributed by atoms with Crippen LogP contribution < -0.4 is 0 Å². The fourth-order valence-corrected chi connectivity index (χ4v) is 1.32. The molecule has 1 aromatic rings. The Balaban J connectivity index is 3.05. The predicted molar refractivity (Wildman–Crippen MR) is 59.1 cm³/mol. The number of hydrogen-bond acceptors (Lipinski definition) is 1. The van der Waals surface area contributed by atoms with E-state index in [1.807, 2.05) is 13.1 Å². The lowest BCUT2D eigenvalue weighted by atomic mass is 10.0. The van der Waals surface area contributed by atoms with E-state index in [-0.39, 0.29) is 0 Å². The largest absolute Gasteiger partial charge is 0.261 e. The molecule has 0 atom stereocenters. The van der Waals surface area contributed by atoms with Crippen molar-refractivity contribution in [2.24, 2.45) is 4.99 Å². The molecule has 0 heterocycles. The molecule has 13 heavy (non-hydrogen) atoms. The highest BCUT2D eigenvalue weighted by atomic mass is 14.7. The molecule has 0 unspecified atom stereocenters. The topological polar surface area (TPSA) is 12.4 Å². The van der Waals surface area contributed by atoms with Crippen molar-refractivity contribution < 1.29 is 0 Å². The van der Waals surface area contributed by atoms with Gasteiger partial charge in [0.1, 0.15) is 0 Å². The lowest BCUT2D eigenvalue weighted by molar-refractivity contribution is 0.865. The minimum atomic E-state index is 0.596. The molecule has 0 fully saturated rings. The number of hydrogen-bond donors (Lipinski definition) is 0. The number of benzene rings is 1. The molecule has 0 aromatic heterocycles. The normalized spacial score (nSPS) is 11.5. The Morgan fingerprint density at radius 3 is 2.46 bits per heavy atom. The van der Waals surface area contributed by atoms with Gasteiger partial charge in [0.05, 0.1) is 5.69 Å². The molecule has 0 amide bonds. The van der Waals surface area contributed by atoms with Crippen molar-refractivity contribution >= 4 is 11.9 Å². The van der Waals surface area contributed by atoms with E-state index < -0.39 is 0 Å². The highest BCUT2D eigenvalue weighted by Crippen LogP contribution is 2.23. The Kier molecular flexibility index (Phi) is 3.24. The first-order chi connectivity index (χ1) is 6.15. The van der Waals surface area contributed by atoms with Crippen LogP contribution in [0.5, 0.6) is 0 Å². The van der Waals surface area contributed by atoms with Crippen LogP contribution in [0.25, 0.3) is 0 Å². The van der Waals surface area contributed by atoms with E-state index in [2.05, 4.69) is 44.0 Å². The van der Waals surface area contributed by atoms with Crippen LogP contribution in [0.4, 0.5) is 5.69 Å². The van der Waals surface area contributed by atoms with Crippen molar-refractivity contribution in [3.8, 4) is 0 Å². The average molecular weight is 175 g/mol. The first-order valence-electron chi connectivity index (χ1n) is 4.74. The lowest BCUT2D eigenvalue weighted by Crippen LogP contribution is -1.87. The fraction of sp³-hybridized carbons (Fsp3) is 0.417. The van der Waals surface area contributed by atoms with Gasteiger partial charge >= 0.3 is 0 Å². The van der Waals surface area contributed by atoms with E-state index >= 15 is 0 Å². The van der Waals surface area contributed by atoms with Gasteiger partial charge in [0.15, 0.2) is 0 Å². The van der Waals surface area contributed by atoms with Gasteiger partial charge in [0, 0.05) is 6.21 Å². The molecular formula is C12H17N. The van der Waals surface area contributed by atoms with Gasteiger partial charge in [0.25, 0.3) is 0 Å². The number of aryl methyl sites for hydroxylation is 1. The van der Waals surface area contributed by atoms with Gasteiger partial charge in [-0.15, -0.1) is 0 Å². The molecule has 1 heteroatoms. The highest BCUT2D eigenvalue weighted by molar-refractivity contribution is 5.62. The van der Waals surface area contributed by atoms with E-state index in [1.165, 1.54) is 11.1 Å². The molecule has 0 aliphatic rings. The van der Waals surface area contributed by atoms with Gasteiger partial charge in [0.2, 0.25) is 0 Å².